The highest BCUT2D eigenvalue weighted by molar-refractivity contribution is 5.97. The van der Waals surface area contributed by atoms with Crippen molar-refractivity contribution in [3.8, 4) is 0 Å². The Morgan fingerprint density at radius 1 is 1.35 bits per heavy atom. The fourth-order valence-electron chi connectivity index (χ4n) is 1.23. The number of methoxy groups -OCH3 is 1. The van der Waals surface area contributed by atoms with Crippen molar-refractivity contribution in [2.75, 3.05) is 20.3 Å². The van der Waals surface area contributed by atoms with Gasteiger partial charge in [-0.15, -0.1) is 0 Å². The minimum atomic E-state index is -0.346. The molecule has 0 bridgehead atoms. The highest BCUT2D eigenvalue weighted by atomic mass is 16.5. The van der Waals surface area contributed by atoms with Gasteiger partial charge in [-0.3, -0.25) is 14.5 Å². The van der Waals surface area contributed by atoms with E-state index in [1.54, 1.807) is 6.08 Å². The van der Waals surface area contributed by atoms with Crippen molar-refractivity contribution in [2.24, 2.45) is 0 Å². The number of benzene rings is 1. The second-order valence-corrected chi connectivity index (χ2v) is 3.37. The first-order valence-electron chi connectivity index (χ1n) is 5.26. The van der Waals surface area contributed by atoms with Crippen molar-refractivity contribution in [3.05, 3.63) is 42.0 Å². The first-order valence-corrected chi connectivity index (χ1v) is 5.26. The molecule has 0 aliphatic heterocycles. The Labute approximate surface area is 100 Å². The van der Waals surface area contributed by atoms with Crippen LogP contribution in [-0.4, -0.2) is 37.5 Å². The maximum Gasteiger partial charge on any atom is 0.253 e. The summed E-state index contributed by atoms with van der Waals surface area (Å²) in [5, 5.41) is 0. The van der Waals surface area contributed by atoms with Crippen molar-refractivity contribution >= 4 is 18.4 Å². The van der Waals surface area contributed by atoms with E-state index in [0.29, 0.717) is 13.0 Å². The highest BCUT2D eigenvalue weighted by Gasteiger charge is 2.07. The highest BCUT2D eigenvalue weighted by Crippen LogP contribution is 2.01. The van der Waals surface area contributed by atoms with Gasteiger partial charge in [0.1, 0.15) is 0 Å². The van der Waals surface area contributed by atoms with Gasteiger partial charge in [0, 0.05) is 13.2 Å². The Kier molecular flexibility index (Phi) is 5.68. The van der Waals surface area contributed by atoms with Crippen LogP contribution >= 0.6 is 0 Å². The lowest BCUT2D eigenvalue weighted by Crippen LogP contribution is -2.31. The van der Waals surface area contributed by atoms with Gasteiger partial charge < -0.3 is 4.74 Å². The topological polar surface area (TPSA) is 46.6 Å². The predicted molar refractivity (Wildman–Crippen MR) is 65.1 cm³/mol. The van der Waals surface area contributed by atoms with Crippen LogP contribution in [-0.2, 0) is 14.3 Å². The van der Waals surface area contributed by atoms with Crippen LogP contribution in [0.4, 0.5) is 0 Å². The molecule has 1 rings (SSSR count). The SMILES string of the molecule is COCCN(C=O)C(=O)/C=C/c1ccccc1. The van der Waals surface area contributed by atoms with Crippen LogP contribution in [0.1, 0.15) is 5.56 Å². The van der Waals surface area contributed by atoms with Crippen LogP contribution in [0, 0.1) is 0 Å². The molecule has 0 heterocycles. The number of ether oxygens (including phenoxy) is 1. The molecular weight excluding hydrogens is 218 g/mol. The Balaban J connectivity index is 2.58. The zero-order valence-corrected chi connectivity index (χ0v) is 9.70. The average molecular weight is 233 g/mol. The van der Waals surface area contributed by atoms with E-state index < -0.39 is 0 Å². The van der Waals surface area contributed by atoms with Gasteiger partial charge in [-0.2, -0.15) is 0 Å². The Morgan fingerprint density at radius 3 is 2.65 bits per heavy atom. The first-order chi connectivity index (χ1) is 8.27. The third-order valence-electron chi connectivity index (χ3n) is 2.16. The van der Waals surface area contributed by atoms with Crippen molar-refractivity contribution in [1.82, 2.24) is 4.90 Å². The summed E-state index contributed by atoms with van der Waals surface area (Å²) in [4.78, 5) is 23.4. The molecule has 0 aliphatic rings. The van der Waals surface area contributed by atoms with Gasteiger partial charge in [0.15, 0.2) is 0 Å². The van der Waals surface area contributed by atoms with Crippen molar-refractivity contribution in [3.63, 3.8) is 0 Å². The van der Waals surface area contributed by atoms with E-state index >= 15 is 0 Å². The fourth-order valence-corrected chi connectivity index (χ4v) is 1.23. The Hall–Kier alpha value is -1.94. The van der Waals surface area contributed by atoms with Gasteiger partial charge in [0.2, 0.25) is 6.41 Å². The van der Waals surface area contributed by atoms with Crippen LogP contribution < -0.4 is 0 Å². The third kappa shape index (κ3) is 4.61. The summed E-state index contributed by atoms with van der Waals surface area (Å²) in [5.74, 6) is -0.346. The number of carbonyl (C=O) groups excluding carboxylic acids is 2. The van der Waals surface area contributed by atoms with E-state index in [1.165, 1.54) is 13.2 Å². The molecule has 0 unspecified atom stereocenters. The number of rotatable bonds is 6. The summed E-state index contributed by atoms with van der Waals surface area (Å²) in [5.41, 5.74) is 0.915. The molecular formula is C13H15NO3. The molecule has 0 radical (unpaired) electrons. The average Bonchev–Trinajstić information content (AvgIpc) is 2.38. The maximum absolute atomic E-state index is 11.6. The molecule has 0 aromatic heterocycles. The fraction of sp³-hybridized carbons (Fsp3) is 0.231. The summed E-state index contributed by atoms with van der Waals surface area (Å²) >= 11 is 0. The molecule has 90 valence electrons. The lowest BCUT2D eigenvalue weighted by Gasteiger charge is -2.11. The maximum atomic E-state index is 11.6. The van der Waals surface area contributed by atoms with Gasteiger partial charge in [0.25, 0.3) is 5.91 Å². The molecule has 0 N–H and O–H groups in total. The number of carbonyl (C=O) groups is 2. The minimum Gasteiger partial charge on any atom is -0.383 e. The van der Waals surface area contributed by atoms with Crippen molar-refractivity contribution < 1.29 is 14.3 Å². The Morgan fingerprint density at radius 2 is 2.06 bits per heavy atom. The van der Waals surface area contributed by atoms with Crippen LogP contribution in [0.15, 0.2) is 36.4 Å². The molecule has 0 saturated heterocycles. The molecule has 0 fully saturated rings. The normalized spacial score (nSPS) is 10.4. The number of hydrogen-bond donors (Lipinski definition) is 0. The van der Waals surface area contributed by atoms with E-state index in [1.807, 2.05) is 30.3 Å². The van der Waals surface area contributed by atoms with Crippen LogP contribution in [0.25, 0.3) is 6.08 Å². The van der Waals surface area contributed by atoms with Gasteiger partial charge in [-0.05, 0) is 11.6 Å². The summed E-state index contributed by atoms with van der Waals surface area (Å²) in [6.07, 6.45) is 3.56. The zero-order valence-electron chi connectivity index (χ0n) is 9.70. The molecule has 4 heteroatoms. The summed E-state index contributed by atoms with van der Waals surface area (Å²) in [6.45, 7) is 0.599. The molecule has 0 spiro atoms. The molecule has 1 aromatic rings. The molecule has 0 atom stereocenters. The standard InChI is InChI=1S/C13H15NO3/c1-17-10-9-14(11-15)13(16)8-7-12-5-3-2-4-6-12/h2-8,11H,9-10H2,1H3/b8-7+. The van der Waals surface area contributed by atoms with E-state index in [2.05, 4.69) is 0 Å². The summed E-state index contributed by atoms with van der Waals surface area (Å²) < 4.78 is 4.81. The molecule has 17 heavy (non-hydrogen) atoms. The molecule has 4 nitrogen and oxygen atoms in total. The van der Waals surface area contributed by atoms with Gasteiger partial charge in [0.05, 0.1) is 13.2 Å². The lowest BCUT2D eigenvalue weighted by atomic mass is 10.2. The van der Waals surface area contributed by atoms with Gasteiger partial charge in [-0.25, -0.2) is 0 Å². The van der Waals surface area contributed by atoms with E-state index in [9.17, 15) is 9.59 Å². The minimum absolute atomic E-state index is 0.262. The lowest BCUT2D eigenvalue weighted by molar-refractivity contribution is -0.135. The monoisotopic (exact) mass is 233 g/mol. The van der Waals surface area contributed by atoms with E-state index in [4.69, 9.17) is 4.74 Å². The molecule has 1 aromatic carbocycles. The number of hydrogen-bond acceptors (Lipinski definition) is 3. The van der Waals surface area contributed by atoms with E-state index in [-0.39, 0.29) is 12.5 Å². The van der Waals surface area contributed by atoms with E-state index in [0.717, 1.165) is 10.5 Å². The van der Waals surface area contributed by atoms with Crippen LogP contribution in [0.5, 0.6) is 0 Å². The van der Waals surface area contributed by atoms with Crippen LogP contribution in [0.2, 0.25) is 0 Å². The quantitative estimate of drug-likeness (QED) is 0.550. The smallest absolute Gasteiger partial charge is 0.253 e. The molecule has 0 aliphatic carbocycles. The Bertz CT molecular complexity index is 387. The van der Waals surface area contributed by atoms with Gasteiger partial charge in [-0.1, -0.05) is 30.3 Å². The molecule has 0 saturated carbocycles. The van der Waals surface area contributed by atoms with Crippen molar-refractivity contribution in [2.45, 2.75) is 0 Å². The predicted octanol–water partition coefficient (Wildman–Crippen LogP) is 1.33. The third-order valence-corrected chi connectivity index (χ3v) is 2.16. The largest absolute Gasteiger partial charge is 0.383 e. The zero-order chi connectivity index (χ0) is 12.5. The first kappa shape index (κ1) is 13.1. The number of nitrogens with zero attached hydrogens (tertiary/aromatic N) is 1. The molecule has 2 amide bonds. The number of imide groups is 1. The van der Waals surface area contributed by atoms with Crippen LogP contribution in [0.3, 0.4) is 0 Å². The second kappa shape index (κ2) is 7.35. The summed E-state index contributed by atoms with van der Waals surface area (Å²) in [7, 11) is 1.52. The van der Waals surface area contributed by atoms with Gasteiger partial charge >= 0.3 is 0 Å². The van der Waals surface area contributed by atoms with Crippen molar-refractivity contribution in [1.29, 1.82) is 0 Å². The summed E-state index contributed by atoms with van der Waals surface area (Å²) in [6, 6.07) is 9.42. The second-order valence-electron chi connectivity index (χ2n) is 3.37. The number of amides is 2.